The number of carbonyl (C=O) groups excluding carboxylic acids is 1. The molecule has 0 radical (unpaired) electrons. The summed E-state index contributed by atoms with van der Waals surface area (Å²) in [5, 5.41) is 3.41. The summed E-state index contributed by atoms with van der Waals surface area (Å²) in [5.41, 5.74) is 3.56. The molecule has 0 aliphatic carbocycles. The van der Waals surface area contributed by atoms with Crippen molar-refractivity contribution in [1.82, 2.24) is 10.2 Å². The molecule has 2 aliphatic rings. The average molecular weight is 313 g/mol. The lowest BCUT2D eigenvalue weighted by Crippen LogP contribution is -2.44. The predicted molar refractivity (Wildman–Crippen MR) is 86.1 cm³/mol. The average Bonchev–Trinajstić information content (AvgIpc) is 2.73. The molecule has 1 saturated heterocycles. The van der Waals surface area contributed by atoms with Gasteiger partial charge in [-0.05, 0) is 29.4 Å². The van der Waals surface area contributed by atoms with E-state index in [-0.39, 0.29) is 24.4 Å². The van der Waals surface area contributed by atoms with Crippen LogP contribution in [0, 0.1) is 0 Å². The lowest BCUT2D eigenvalue weighted by Gasteiger charge is -2.30. The van der Waals surface area contributed by atoms with Gasteiger partial charge in [-0.15, -0.1) is 24.2 Å². The van der Waals surface area contributed by atoms with Crippen LogP contribution in [0.25, 0.3) is 0 Å². The minimum atomic E-state index is 0. The molecule has 0 spiro atoms. The SMILES string of the molecule is CCSc1cc(CC)cc2c1C(=O)N1CCNC[C@@H]21.Cl. The summed E-state index contributed by atoms with van der Waals surface area (Å²) in [7, 11) is 0. The zero-order valence-electron chi connectivity index (χ0n) is 11.9. The number of hydrogen-bond acceptors (Lipinski definition) is 3. The third kappa shape index (κ3) is 2.45. The largest absolute Gasteiger partial charge is 0.329 e. The molecule has 0 bridgehead atoms. The number of amides is 1. The molecule has 5 heteroatoms. The van der Waals surface area contributed by atoms with Gasteiger partial charge in [0.05, 0.1) is 11.6 Å². The maximum Gasteiger partial charge on any atom is 0.255 e. The zero-order chi connectivity index (χ0) is 13.4. The molecule has 2 heterocycles. The number of aryl methyl sites for hydroxylation is 1. The number of piperazine rings is 1. The first kappa shape index (κ1) is 15.7. The third-order valence-corrected chi connectivity index (χ3v) is 4.90. The Kier molecular flexibility index (Phi) is 4.99. The second kappa shape index (κ2) is 6.37. The number of benzene rings is 1. The maximum atomic E-state index is 12.6. The zero-order valence-corrected chi connectivity index (χ0v) is 13.6. The Balaban J connectivity index is 0.00000147. The summed E-state index contributed by atoms with van der Waals surface area (Å²) in [4.78, 5) is 15.8. The van der Waals surface area contributed by atoms with Crippen LogP contribution in [-0.2, 0) is 6.42 Å². The van der Waals surface area contributed by atoms with Gasteiger partial charge < -0.3 is 10.2 Å². The Hall–Kier alpha value is -0.710. The molecule has 1 aromatic carbocycles. The predicted octanol–water partition coefficient (Wildman–Crippen LogP) is 2.88. The molecule has 1 N–H and O–H groups in total. The molecular formula is C15H21ClN2OS. The number of nitrogens with zero attached hydrogens (tertiary/aromatic N) is 1. The summed E-state index contributed by atoms with van der Waals surface area (Å²) in [6, 6.07) is 4.69. The van der Waals surface area contributed by atoms with Gasteiger partial charge in [0.15, 0.2) is 0 Å². The molecule has 1 amide bonds. The minimum absolute atomic E-state index is 0. The molecule has 1 aromatic rings. The van der Waals surface area contributed by atoms with Gasteiger partial charge >= 0.3 is 0 Å². The van der Waals surface area contributed by atoms with Crippen molar-refractivity contribution in [2.75, 3.05) is 25.4 Å². The van der Waals surface area contributed by atoms with E-state index in [0.29, 0.717) is 0 Å². The number of nitrogens with one attached hydrogen (secondary N) is 1. The van der Waals surface area contributed by atoms with Crippen LogP contribution in [-0.4, -0.2) is 36.2 Å². The number of fused-ring (bicyclic) bond motifs is 3. The van der Waals surface area contributed by atoms with Crippen molar-refractivity contribution < 1.29 is 4.79 Å². The van der Waals surface area contributed by atoms with E-state index in [1.54, 1.807) is 11.8 Å². The fraction of sp³-hybridized carbons (Fsp3) is 0.533. The summed E-state index contributed by atoms with van der Waals surface area (Å²) in [6.07, 6.45) is 1.03. The van der Waals surface area contributed by atoms with E-state index < -0.39 is 0 Å². The Labute approximate surface area is 130 Å². The van der Waals surface area contributed by atoms with E-state index >= 15 is 0 Å². The summed E-state index contributed by atoms with van der Waals surface area (Å²) >= 11 is 1.79. The topological polar surface area (TPSA) is 32.3 Å². The third-order valence-electron chi connectivity index (χ3n) is 3.98. The molecule has 20 heavy (non-hydrogen) atoms. The number of thioether (sulfide) groups is 1. The highest BCUT2D eigenvalue weighted by Gasteiger charge is 2.39. The summed E-state index contributed by atoms with van der Waals surface area (Å²) < 4.78 is 0. The Morgan fingerprint density at radius 3 is 2.90 bits per heavy atom. The Bertz CT molecular complexity index is 521. The lowest BCUT2D eigenvalue weighted by molar-refractivity contribution is 0.0688. The van der Waals surface area contributed by atoms with E-state index in [0.717, 1.165) is 37.4 Å². The number of carbonyl (C=O) groups is 1. The van der Waals surface area contributed by atoms with Gasteiger partial charge in [0.2, 0.25) is 0 Å². The molecule has 1 fully saturated rings. The van der Waals surface area contributed by atoms with Crippen molar-refractivity contribution in [3.63, 3.8) is 0 Å². The van der Waals surface area contributed by atoms with Crippen LogP contribution in [0.3, 0.4) is 0 Å². The van der Waals surface area contributed by atoms with E-state index in [1.165, 1.54) is 16.0 Å². The molecule has 0 aromatic heterocycles. The van der Waals surface area contributed by atoms with E-state index in [1.807, 2.05) is 4.90 Å². The second-order valence-electron chi connectivity index (χ2n) is 5.06. The van der Waals surface area contributed by atoms with Crippen molar-refractivity contribution in [1.29, 1.82) is 0 Å². The van der Waals surface area contributed by atoms with Crippen LogP contribution in [0.15, 0.2) is 17.0 Å². The van der Waals surface area contributed by atoms with Crippen LogP contribution in [0.2, 0.25) is 0 Å². The molecule has 3 rings (SSSR count). The van der Waals surface area contributed by atoms with Crippen molar-refractivity contribution in [3.05, 3.63) is 28.8 Å². The van der Waals surface area contributed by atoms with Crippen LogP contribution in [0.5, 0.6) is 0 Å². The maximum absolute atomic E-state index is 12.6. The molecule has 3 nitrogen and oxygen atoms in total. The monoisotopic (exact) mass is 312 g/mol. The van der Waals surface area contributed by atoms with Crippen molar-refractivity contribution in [2.24, 2.45) is 0 Å². The van der Waals surface area contributed by atoms with Gasteiger partial charge in [0.1, 0.15) is 0 Å². The standard InChI is InChI=1S/C15H20N2OS.ClH/c1-3-10-7-11-12-9-16-5-6-17(12)15(18)14(11)13(8-10)19-4-2;/h7-8,12,16H,3-6,9H2,1-2H3;1H/t12-;/m0./s1. The number of rotatable bonds is 3. The second-order valence-corrected chi connectivity index (χ2v) is 6.37. The first-order valence-electron chi connectivity index (χ1n) is 7.07. The van der Waals surface area contributed by atoms with Crippen LogP contribution in [0.4, 0.5) is 0 Å². The van der Waals surface area contributed by atoms with E-state index in [9.17, 15) is 4.79 Å². The first-order chi connectivity index (χ1) is 9.26. The van der Waals surface area contributed by atoms with Crippen LogP contribution < -0.4 is 5.32 Å². The fourth-order valence-corrected chi connectivity index (χ4v) is 3.93. The first-order valence-corrected chi connectivity index (χ1v) is 8.06. The highest BCUT2D eigenvalue weighted by atomic mass is 35.5. The Morgan fingerprint density at radius 2 is 2.20 bits per heavy atom. The molecule has 0 unspecified atom stereocenters. The van der Waals surface area contributed by atoms with Gasteiger partial charge in [0.25, 0.3) is 5.91 Å². The van der Waals surface area contributed by atoms with Crippen LogP contribution >= 0.6 is 24.2 Å². The van der Waals surface area contributed by atoms with Gasteiger partial charge in [-0.3, -0.25) is 4.79 Å². The number of hydrogen-bond donors (Lipinski definition) is 1. The quantitative estimate of drug-likeness (QED) is 0.871. The highest BCUT2D eigenvalue weighted by Crippen LogP contribution is 2.40. The van der Waals surface area contributed by atoms with Crippen molar-refractivity contribution >= 4 is 30.1 Å². The summed E-state index contributed by atoms with van der Waals surface area (Å²) in [5.74, 6) is 1.25. The van der Waals surface area contributed by atoms with Gasteiger partial charge in [-0.25, -0.2) is 0 Å². The molecular weight excluding hydrogens is 292 g/mol. The normalized spacial score (nSPS) is 20.4. The van der Waals surface area contributed by atoms with Crippen LogP contribution in [0.1, 0.15) is 41.4 Å². The number of halogens is 1. The lowest BCUT2D eigenvalue weighted by atomic mass is 9.99. The van der Waals surface area contributed by atoms with Gasteiger partial charge in [-0.1, -0.05) is 19.9 Å². The van der Waals surface area contributed by atoms with E-state index in [2.05, 4.69) is 31.3 Å². The van der Waals surface area contributed by atoms with Crippen molar-refractivity contribution in [3.8, 4) is 0 Å². The summed E-state index contributed by atoms with van der Waals surface area (Å²) in [6.45, 7) is 6.95. The highest BCUT2D eigenvalue weighted by molar-refractivity contribution is 7.99. The molecule has 2 aliphatic heterocycles. The smallest absolute Gasteiger partial charge is 0.255 e. The fourth-order valence-electron chi connectivity index (χ4n) is 3.03. The molecule has 0 saturated carbocycles. The van der Waals surface area contributed by atoms with Gasteiger partial charge in [0, 0.05) is 24.5 Å². The molecule has 110 valence electrons. The Morgan fingerprint density at radius 1 is 1.40 bits per heavy atom. The van der Waals surface area contributed by atoms with E-state index in [4.69, 9.17) is 0 Å². The molecule has 1 atom stereocenters. The van der Waals surface area contributed by atoms with Gasteiger partial charge in [-0.2, -0.15) is 0 Å². The minimum Gasteiger partial charge on any atom is -0.329 e. The van der Waals surface area contributed by atoms with Crippen molar-refractivity contribution in [2.45, 2.75) is 31.2 Å².